The number of hydrogen-bond acceptors (Lipinski definition) is 10. The van der Waals surface area contributed by atoms with Gasteiger partial charge in [-0.15, -0.1) is 0 Å². The van der Waals surface area contributed by atoms with E-state index in [0.29, 0.717) is 19.3 Å². The van der Waals surface area contributed by atoms with Gasteiger partial charge in [0.25, 0.3) is 0 Å². The van der Waals surface area contributed by atoms with Gasteiger partial charge in [-0.3, -0.25) is 14.4 Å². The monoisotopic (exact) mass is 462 g/mol. The molecule has 1 saturated heterocycles. The second-order valence-corrected chi connectivity index (χ2v) is 7.79. The van der Waals surface area contributed by atoms with Crippen LogP contribution in [0.2, 0.25) is 0 Å². The summed E-state index contributed by atoms with van der Waals surface area (Å²) in [6, 6.07) is -1.07. The summed E-state index contributed by atoms with van der Waals surface area (Å²) in [4.78, 5) is 46.8. The molecule has 0 aromatic rings. The summed E-state index contributed by atoms with van der Waals surface area (Å²) in [6.45, 7) is 1.95. The fourth-order valence-corrected chi connectivity index (χ4v) is 3.10. The van der Waals surface area contributed by atoms with Gasteiger partial charge >= 0.3 is 0 Å². The van der Waals surface area contributed by atoms with Crippen LogP contribution in [0.3, 0.4) is 0 Å². The summed E-state index contributed by atoms with van der Waals surface area (Å²) in [6.07, 6.45) is -5.75. The van der Waals surface area contributed by atoms with Crippen molar-refractivity contribution in [1.29, 1.82) is 0 Å². The van der Waals surface area contributed by atoms with Gasteiger partial charge in [-0.1, -0.05) is 0 Å². The zero-order chi connectivity index (χ0) is 24.3. The Labute approximate surface area is 186 Å². The summed E-state index contributed by atoms with van der Waals surface area (Å²) < 4.78 is 10.5. The molecule has 6 N–H and O–H groups in total. The maximum absolute atomic E-state index is 12.4. The number of hydrogen-bond donors (Lipinski definition) is 6. The minimum atomic E-state index is -1.58. The minimum Gasteiger partial charge on any atom is -0.394 e. The molecular weight excluding hydrogens is 428 g/mol. The van der Waals surface area contributed by atoms with E-state index in [1.807, 2.05) is 0 Å². The Bertz CT molecular complexity index is 642. The number of unbranched alkanes of at least 4 members (excludes halogenated alkanes) is 1. The van der Waals surface area contributed by atoms with Gasteiger partial charge in [0, 0.05) is 25.8 Å². The van der Waals surface area contributed by atoms with Gasteiger partial charge in [0.1, 0.15) is 42.0 Å². The first kappa shape index (κ1) is 28.1. The van der Waals surface area contributed by atoms with Crippen molar-refractivity contribution in [2.24, 2.45) is 0 Å². The fraction of sp³-hybridized carbons (Fsp3) is 0.800. The van der Waals surface area contributed by atoms with Crippen molar-refractivity contribution in [1.82, 2.24) is 10.6 Å². The Balaban J connectivity index is 2.46. The summed E-state index contributed by atoms with van der Waals surface area (Å²) in [5.74, 6) is -1.27. The molecule has 0 aromatic heterocycles. The number of nitrogens with one attached hydrogen (secondary N) is 2. The van der Waals surface area contributed by atoms with Crippen molar-refractivity contribution in [3.8, 4) is 0 Å². The van der Waals surface area contributed by atoms with E-state index in [2.05, 4.69) is 10.6 Å². The minimum absolute atomic E-state index is 0.0326. The molecule has 0 bridgehead atoms. The molecular formula is C20H34N2O10. The molecule has 1 rings (SSSR count). The Morgan fingerprint density at radius 1 is 0.969 bits per heavy atom. The zero-order valence-electron chi connectivity index (χ0n) is 18.4. The number of carbonyl (C=O) groups excluding carboxylic acids is 4. The maximum atomic E-state index is 12.4. The molecule has 1 fully saturated rings. The molecule has 12 nitrogen and oxygen atoms in total. The Hall–Kier alpha value is -1.96. The first-order valence-corrected chi connectivity index (χ1v) is 10.5. The standard InChI is InChI=1S/C20H34N2O10/c1-11(24)5-3-4-6-15(26)22-13(9-12(2)25)19(30)21-7-8-31-20-18(29)17(28)16(27)14(10-23)32-20/h13-14,16-18,20,23,27-29H,3-10H2,1-2H3,(H,21,30)(H,22,26)/t13?,14-,16-,17+,18+,20+/m1/s1. The highest BCUT2D eigenvalue weighted by atomic mass is 16.7. The van der Waals surface area contributed by atoms with Gasteiger partial charge < -0.3 is 45.3 Å². The molecule has 32 heavy (non-hydrogen) atoms. The van der Waals surface area contributed by atoms with Crippen LogP contribution in [0.15, 0.2) is 0 Å². The van der Waals surface area contributed by atoms with Crippen LogP contribution in [0.25, 0.3) is 0 Å². The smallest absolute Gasteiger partial charge is 0.243 e. The highest BCUT2D eigenvalue weighted by Crippen LogP contribution is 2.21. The summed E-state index contributed by atoms with van der Waals surface area (Å²) in [7, 11) is 0. The molecule has 1 heterocycles. The van der Waals surface area contributed by atoms with Crippen LogP contribution in [0, 0.1) is 0 Å². The van der Waals surface area contributed by atoms with Crippen molar-refractivity contribution in [2.75, 3.05) is 19.8 Å². The predicted octanol–water partition coefficient (Wildman–Crippen LogP) is -2.47. The van der Waals surface area contributed by atoms with E-state index in [1.54, 1.807) is 0 Å². The molecule has 0 saturated carbocycles. The van der Waals surface area contributed by atoms with E-state index < -0.39 is 55.2 Å². The quantitative estimate of drug-likeness (QED) is 0.151. The summed E-state index contributed by atoms with van der Waals surface area (Å²) in [5.41, 5.74) is 0. The normalized spacial score (nSPS) is 26.2. The molecule has 0 radical (unpaired) electrons. The van der Waals surface area contributed by atoms with Crippen LogP contribution >= 0.6 is 0 Å². The number of aliphatic hydroxyl groups is 4. The molecule has 1 aliphatic rings. The van der Waals surface area contributed by atoms with Gasteiger partial charge in [-0.2, -0.15) is 0 Å². The van der Waals surface area contributed by atoms with E-state index in [-0.39, 0.29) is 37.6 Å². The lowest BCUT2D eigenvalue weighted by atomic mass is 9.99. The number of rotatable bonds is 14. The zero-order valence-corrected chi connectivity index (χ0v) is 18.4. The van der Waals surface area contributed by atoms with Crippen molar-refractivity contribution in [2.45, 2.75) is 82.7 Å². The van der Waals surface area contributed by atoms with E-state index in [1.165, 1.54) is 13.8 Å². The number of ether oxygens (including phenoxy) is 2. The molecule has 0 spiro atoms. The number of carbonyl (C=O) groups is 4. The van der Waals surface area contributed by atoms with E-state index in [0.717, 1.165) is 0 Å². The third-order valence-corrected chi connectivity index (χ3v) is 4.86. The molecule has 2 amide bonds. The fourth-order valence-electron chi connectivity index (χ4n) is 3.10. The van der Waals surface area contributed by atoms with E-state index in [9.17, 15) is 34.5 Å². The largest absolute Gasteiger partial charge is 0.394 e. The van der Waals surface area contributed by atoms with Crippen molar-refractivity contribution >= 4 is 23.4 Å². The van der Waals surface area contributed by atoms with Crippen LogP contribution in [-0.4, -0.2) is 100 Å². The average molecular weight is 462 g/mol. The molecule has 1 unspecified atom stereocenters. The van der Waals surface area contributed by atoms with E-state index >= 15 is 0 Å². The molecule has 0 aliphatic carbocycles. The second-order valence-electron chi connectivity index (χ2n) is 7.79. The van der Waals surface area contributed by atoms with Crippen LogP contribution in [0.4, 0.5) is 0 Å². The average Bonchev–Trinajstić information content (AvgIpc) is 2.72. The van der Waals surface area contributed by atoms with Gasteiger partial charge in [0.2, 0.25) is 11.8 Å². The topological polar surface area (TPSA) is 192 Å². The lowest BCUT2D eigenvalue weighted by molar-refractivity contribution is -0.300. The second kappa shape index (κ2) is 14.2. The maximum Gasteiger partial charge on any atom is 0.243 e. The van der Waals surface area contributed by atoms with Crippen LogP contribution < -0.4 is 10.6 Å². The van der Waals surface area contributed by atoms with Gasteiger partial charge in [0.15, 0.2) is 6.29 Å². The first-order valence-electron chi connectivity index (χ1n) is 10.5. The van der Waals surface area contributed by atoms with Crippen LogP contribution in [0.1, 0.15) is 46.0 Å². The Morgan fingerprint density at radius 3 is 2.22 bits per heavy atom. The van der Waals surface area contributed by atoms with Crippen molar-refractivity contribution in [3.05, 3.63) is 0 Å². The molecule has 184 valence electrons. The molecule has 1 aliphatic heterocycles. The van der Waals surface area contributed by atoms with Crippen LogP contribution in [-0.2, 0) is 28.7 Å². The number of Topliss-reactive ketones (excluding diaryl/α,β-unsaturated/α-hetero) is 2. The van der Waals surface area contributed by atoms with Crippen molar-refractivity contribution in [3.63, 3.8) is 0 Å². The summed E-state index contributed by atoms with van der Waals surface area (Å²) >= 11 is 0. The van der Waals surface area contributed by atoms with E-state index in [4.69, 9.17) is 14.6 Å². The molecule has 12 heteroatoms. The highest BCUT2D eigenvalue weighted by Gasteiger charge is 2.43. The number of aliphatic hydroxyl groups excluding tert-OH is 4. The lowest BCUT2D eigenvalue weighted by Crippen LogP contribution is -2.59. The van der Waals surface area contributed by atoms with Gasteiger partial charge in [-0.05, 0) is 26.7 Å². The van der Waals surface area contributed by atoms with Gasteiger partial charge in [0.05, 0.1) is 13.2 Å². The number of ketones is 2. The SMILES string of the molecule is CC(=O)CCCCC(=O)NC(CC(C)=O)C(=O)NCCO[C@H]1O[C@H](CO)[C@@H](O)[C@H](O)[C@@H]1O. The Kier molecular flexibility index (Phi) is 12.5. The first-order chi connectivity index (χ1) is 15.1. The predicted molar refractivity (Wildman–Crippen MR) is 109 cm³/mol. The summed E-state index contributed by atoms with van der Waals surface area (Å²) in [5, 5.41) is 43.5. The van der Waals surface area contributed by atoms with Gasteiger partial charge in [-0.25, -0.2) is 0 Å². The lowest BCUT2D eigenvalue weighted by Gasteiger charge is -2.39. The van der Waals surface area contributed by atoms with Crippen molar-refractivity contribution < 1.29 is 49.1 Å². The third-order valence-electron chi connectivity index (χ3n) is 4.86. The molecule has 0 aromatic carbocycles. The van der Waals surface area contributed by atoms with Crippen LogP contribution in [0.5, 0.6) is 0 Å². The highest BCUT2D eigenvalue weighted by molar-refractivity contribution is 5.91. The third kappa shape index (κ3) is 9.67. The Morgan fingerprint density at radius 2 is 1.62 bits per heavy atom. The number of amides is 2. The molecule has 6 atom stereocenters.